The topological polar surface area (TPSA) is 97.6 Å². The normalized spacial score (nSPS) is 15.8. The third-order valence-corrected chi connectivity index (χ3v) is 7.08. The second-order valence-electron chi connectivity index (χ2n) is 11.8. The Labute approximate surface area is 234 Å². The average Bonchev–Trinajstić information content (AvgIpc) is 3.38. The molecule has 216 valence electrons. The van der Waals surface area contributed by atoms with Crippen molar-refractivity contribution in [3.8, 4) is 11.4 Å². The number of ether oxygens (including phenoxy) is 1. The number of hydrogen-bond donors (Lipinski definition) is 1. The van der Waals surface area contributed by atoms with Gasteiger partial charge in [0, 0.05) is 25.1 Å². The number of aryl methyl sites for hydroxylation is 1. The number of carbonyl (C=O) groups is 2. The van der Waals surface area contributed by atoms with E-state index in [9.17, 15) is 9.59 Å². The van der Waals surface area contributed by atoms with E-state index < -0.39 is 5.60 Å². The highest BCUT2D eigenvalue weighted by molar-refractivity contribution is 5.76. The predicted octanol–water partition coefficient (Wildman–Crippen LogP) is 7.07. The molecule has 0 spiro atoms. The molecule has 2 heterocycles. The maximum absolute atomic E-state index is 12.6. The van der Waals surface area contributed by atoms with E-state index in [0.717, 1.165) is 24.8 Å². The monoisotopic (exact) mass is 540 g/mol. The molecule has 8 heteroatoms. The van der Waals surface area contributed by atoms with E-state index in [1.54, 1.807) is 4.90 Å². The van der Waals surface area contributed by atoms with Gasteiger partial charge in [-0.05, 0) is 57.9 Å². The van der Waals surface area contributed by atoms with Gasteiger partial charge in [0.1, 0.15) is 5.60 Å². The quantitative estimate of drug-likeness (QED) is 0.257. The minimum atomic E-state index is -0.528. The fourth-order valence-corrected chi connectivity index (χ4v) is 4.96. The Morgan fingerprint density at radius 3 is 2.44 bits per heavy atom. The van der Waals surface area contributed by atoms with Crippen LogP contribution in [-0.2, 0) is 22.5 Å². The van der Waals surface area contributed by atoms with Crippen LogP contribution in [-0.4, -0.2) is 45.7 Å². The minimum Gasteiger partial charge on any atom is -0.444 e. The number of benzene rings is 1. The van der Waals surface area contributed by atoms with Crippen LogP contribution in [0.1, 0.15) is 110 Å². The van der Waals surface area contributed by atoms with Crippen LogP contribution in [0.15, 0.2) is 28.8 Å². The molecule has 1 aromatic heterocycles. The Hall–Kier alpha value is -2.90. The highest BCUT2D eigenvalue weighted by Gasteiger charge is 2.28. The summed E-state index contributed by atoms with van der Waals surface area (Å²) in [6, 6.07) is 8.35. The third kappa shape index (κ3) is 11.4. The summed E-state index contributed by atoms with van der Waals surface area (Å²) in [7, 11) is 0. The molecule has 0 unspecified atom stereocenters. The lowest BCUT2D eigenvalue weighted by Crippen LogP contribution is -2.43. The number of unbranched alkanes of at least 4 members (excludes halogenated alkanes) is 7. The molecule has 39 heavy (non-hydrogen) atoms. The molecule has 1 aliphatic rings. The molecule has 0 aliphatic carbocycles. The van der Waals surface area contributed by atoms with Gasteiger partial charge in [0.15, 0.2) is 0 Å². The van der Waals surface area contributed by atoms with Crippen LogP contribution in [0, 0.1) is 5.92 Å². The van der Waals surface area contributed by atoms with E-state index >= 15 is 0 Å². The number of likely N-dealkylation sites (tertiary alicyclic amines) is 1. The van der Waals surface area contributed by atoms with Crippen molar-refractivity contribution in [2.24, 2.45) is 5.92 Å². The van der Waals surface area contributed by atoms with Crippen molar-refractivity contribution >= 4 is 12.0 Å². The van der Waals surface area contributed by atoms with Crippen LogP contribution in [0.3, 0.4) is 0 Å². The summed E-state index contributed by atoms with van der Waals surface area (Å²) in [4.78, 5) is 31.1. The molecule has 1 atom stereocenters. The predicted molar refractivity (Wildman–Crippen MR) is 153 cm³/mol. The zero-order valence-corrected chi connectivity index (χ0v) is 24.5. The van der Waals surface area contributed by atoms with E-state index in [-0.39, 0.29) is 24.5 Å². The number of piperidine rings is 1. The molecular formula is C31H48N4O4. The van der Waals surface area contributed by atoms with Crippen LogP contribution in [0.25, 0.3) is 11.4 Å². The lowest BCUT2D eigenvalue weighted by molar-refractivity contribution is -0.122. The number of nitrogens with zero attached hydrogens (tertiary/aromatic N) is 3. The van der Waals surface area contributed by atoms with Crippen LogP contribution in [0.4, 0.5) is 4.79 Å². The highest BCUT2D eigenvalue weighted by atomic mass is 16.6. The Morgan fingerprint density at radius 1 is 1.05 bits per heavy atom. The van der Waals surface area contributed by atoms with Gasteiger partial charge < -0.3 is 19.5 Å². The lowest BCUT2D eigenvalue weighted by atomic mass is 9.94. The molecule has 8 nitrogen and oxygen atoms in total. The zero-order chi connectivity index (χ0) is 28.1. The van der Waals surface area contributed by atoms with Gasteiger partial charge in [-0.3, -0.25) is 4.79 Å². The van der Waals surface area contributed by atoms with Crippen molar-refractivity contribution in [3.05, 3.63) is 35.7 Å². The van der Waals surface area contributed by atoms with Gasteiger partial charge in [-0.1, -0.05) is 81.3 Å². The van der Waals surface area contributed by atoms with Gasteiger partial charge in [-0.25, -0.2) is 4.79 Å². The van der Waals surface area contributed by atoms with Gasteiger partial charge in [-0.2, -0.15) is 4.98 Å². The van der Waals surface area contributed by atoms with E-state index in [0.29, 0.717) is 31.2 Å². The molecule has 1 fully saturated rings. The Balaban J connectivity index is 1.36. The molecule has 1 N–H and O–H groups in total. The second kappa shape index (κ2) is 15.6. The van der Waals surface area contributed by atoms with Crippen molar-refractivity contribution in [1.82, 2.24) is 20.4 Å². The van der Waals surface area contributed by atoms with Gasteiger partial charge in [-0.15, -0.1) is 0 Å². The molecule has 1 saturated heterocycles. The highest BCUT2D eigenvalue weighted by Crippen LogP contribution is 2.22. The van der Waals surface area contributed by atoms with Crippen LogP contribution < -0.4 is 5.32 Å². The number of nitrogens with one attached hydrogen (secondary N) is 1. The van der Waals surface area contributed by atoms with E-state index in [2.05, 4.69) is 34.5 Å². The van der Waals surface area contributed by atoms with Crippen molar-refractivity contribution in [3.63, 3.8) is 0 Å². The second-order valence-corrected chi connectivity index (χ2v) is 11.8. The molecule has 3 rings (SSSR count). The molecule has 0 radical (unpaired) electrons. The Kier molecular flexibility index (Phi) is 12.3. The van der Waals surface area contributed by atoms with Crippen LogP contribution in [0.5, 0.6) is 0 Å². The fourth-order valence-electron chi connectivity index (χ4n) is 4.96. The fraction of sp³-hybridized carbons (Fsp3) is 0.677. The van der Waals surface area contributed by atoms with Crippen molar-refractivity contribution in [2.45, 2.75) is 117 Å². The average molecular weight is 541 g/mol. The number of rotatable bonds is 14. The first kappa shape index (κ1) is 30.6. The summed E-state index contributed by atoms with van der Waals surface area (Å²) in [5, 5.41) is 6.97. The third-order valence-electron chi connectivity index (χ3n) is 7.08. The maximum Gasteiger partial charge on any atom is 0.410 e. The zero-order valence-electron chi connectivity index (χ0n) is 24.5. The smallest absolute Gasteiger partial charge is 0.410 e. The standard InChI is InChI=1S/C31H48N4O4/c1-5-6-7-8-9-10-11-12-14-24-16-18-26(19-17-24)29-33-28(39-34-29)22-32-27(36)21-25-15-13-20-35(23-25)30(37)38-31(2,3)4/h16-19,25H,5-15,20-23H2,1-4H3,(H,32,36)/t25-/m0/s1. The van der Waals surface area contributed by atoms with Crippen LogP contribution in [0.2, 0.25) is 0 Å². The Morgan fingerprint density at radius 2 is 1.74 bits per heavy atom. The number of aromatic nitrogens is 2. The van der Waals surface area contributed by atoms with Crippen molar-refractivity contribution in [2.75, 3.05) is 13.1 Å². The summed E-state index contributed by atoms with van der Waals surface area (Å²) in [5.41, 5.74) is 1.70. The van der Waals surface area contributed by atoms with Crippen molar-refractivity contribution < 1.29 is 18.8 Å². The lowest BCUT2D eigenvalue weighted by Gasteiger charge is -2.33. The first-order valence-corrected chi connectivity index (χ1v) is 14.9. The van der Waals surface area contributed by atoms with E-state index in [4.69, 9.17) is 9.26 Å². The minimum absolute atomic E-state index is 0.0869. The molecule has 0 saturated carbocycles. The van der Waals surface area contributed by atoms with Gasteiger partial charge in [0.2, 0.25) is 17.6 Å². The van der Waals surface area contributed by atoms with Gasteiger partial charge in [0.25, 0.3) is 0 Å². The summed E-state index contributed by atoms with van der Waals surface area (Å²) >= 11 is 0. The number of hydrogen-bond acceptors (Lipinski definition) is 6. The molecule has 0 bridgehead atoms. The number of amides is 2. The summed E-state index contributed by atoms with van der Waals surface area (Å²) in [5.74, 6) is 0.920. The van der Waals surface area contributed by atoms with Gasteiger partial charge >= 0.3 is 6.09 Å². The summed E-state index contributed by atoms with van der Waals surface area (Å²) in [6.45, 7) is 9.21. The van der Waals surface area contributed by atoms with Gasteiger partial charge in [0.05, 0.1) is 6.54 Å². The largest absolute Gasteiger partial charge is 0.444 e. The molecule has 1 aliphatic heterocycles. The number of carbonyl (C=O) groups excluding carboxylic acids is 2. The van der Waals surface area contributed by atoms with E-state index in [1.165, 1.54) is 56.9 Å². The van der Waals surface area contributed by atoms with Crippen LogP contribution >= 0.6 is 0 Å². The Bertz CT molecular complexity index is 1010. The molecular weight excluding hydrogens is 492 g/mol. The molecule has 2 aromatic rings. The first-order valence-electron chi connectivity index (χ1n) is 14.9. The summed E-state index contributed by atoms with van der Waals surface area (Å²) in [6.07, 6.45) is 13.5. The molecule has 1 aromatic carbocycles. The molecule has 2 amide bonds. The first-order chi connectivity index (χ1) is 18.7. The van der Waals surface area contributed by atoms with E-state index in [1.807, 2.05) is 32.9 Å². The van der Waals surface area contributed by atoms with Crippen molar-refractivity contribution in [1.29, 1.82) is 0 Å². The summed E-state index contributed by atoms with van der Waals surface area (Å²) < 4.78 is 10.8. The SMILES string of the molecule is CCCCCCCCCCc1ccc(-c2noc(CNC(=O)C[C@@H]3CCCN(C(=O)OC(C)(C)C)C3)n2)cc1. The maximum atomic E-state index is 12.6.